The highest BCUT2D eigenvalue weighted by Crippen LogP contribution is 2.06. The van der Waals surface area contributed by atoms with E-state index in [1.807, 2.05) is 0 Å². The fourth-order valence-corrected chi connectivity index (χ4v) is 3.00. The van der Waals surface area contributed by atoms with Crippen molar-refractivity contribution in [2.45, 2.75) is 9.79 Å². The number of carbonyl (C=O) groups is 2. The van der Waals surface area contributed by atoms with Gasteiger partial charge in [0.1, 0.15) is 9.79 Å². The van der Waals surface area contributed by atoms with Crippen LogP contribution in [-0.2, 0) is 39.3 Å². The van der Waals surface area contributed by atoms with E-state index < -0.39 is 32.0 Å². The van der Waals surface area contributed by atoms with Gasteiger partial charge in [0.25, 0.3) is 20.0 Å². The summed E-state index contributed by atoms with van der Waals surface area (Å²) in [6.45, 7) is 0. The monoisotopic (exact) mass is 428 g/mol. The van der Waals surface area contributed by atoms with E-state index in [9.17, 15) is 26.4 Å². The second-order valence-electron chi connectivity index (χ2n) is 4.73. The van der Waals surface area contributed by atoms with Gasteiger partial charge in [-0.25, -0.2) is 26.4 Å². The van der Waals surface area contributed by atoms with Crippen LogP contribution in [0.5, 0.6) is 0 Å². The summed E-state index contributed by atoms with van der Waals surface area (Å²) in [6, 6.07) is 5.15. The van der Waals surface area contributed by atoms with Crippen LogP contribution in [0.1, 0.15) is 0 Å². The van der Waals surface area contributed by atoms with Crippen LogP contribution in [0.15, 0.2) is 71.0 Å². The number of nitrogens with zero attached hydrogens (tertiary/aromatic N) is 2. The van der Waals surface area contributed by atoms with Crippen molar-refractivity contribution in [1.29, 1.82) is 0 Å². The normalized spacial score (nSPS) is 11.9. The quantitative estimate of drug-likeness (QED) is 0.401. The van der Waals surface area contributed by atoms with E-state index in [-0.39, 0.29) is 9.79 Å². The van der Waals surface area contributed by atoms with Crippen LogP contribution in [0.3, 0.4) is 0 Å². The number of carbonyl (C=O) groups excluding carboxylic acids is 2. The molecule has 0 aromatic carbocycles. The van der Waals surface area contributed by atoms with Gasteiger partial charge in [0.2, 0.25) is 0 Å². The third-order valence-corrected chi connectivity index (χ3v) is 5.08. The van der Waals surface area contributed by atoms with Gasteiger partial charge in [0.15, 0.2) is 0 Å². The highest BCUT2D eigenvalue weighted by molar-refractivity contribution is 7.89. The summed E-state index contributed by atoms with van der Waals surface area (Å²) in [4.78, 5) is 41.2. The highest BCUT2D eigenvalue weighted by atomic mass is 32.2. The minimum absolute atomic E-state index is 0.254. The summed E-state index contributed by atoms with van der Waals surface area (Å²) in [5.41, 5.74) is 0. The number of nitrogens with one attached hydrogen (secondary N) is 2. The van der Waals surface area contributed by atoms with Crippen LogP contribution < -0.4 is 9.77 Å². The number of aromatic nitrogens is 2. The zero-order valence-corrected chi connectivity index (χ0v) is 15.4. The van der Waals surface area contributed by atoms with Crippen LogP contribution in [0, 0.1) is 0 Å². The van der Waals surface area contributed by atoms with Crippen molar-refractivity contribution in [2.75, 3.05) is 0 Å². The molecule has 2 N–H and O–H groups in total. The topological polar surface area (TPSA) is 171 Å². The first kappa shape index (κ1) is 21.1. The molecule has 28 heavy (non-hydrogen) atoms. The highest BCUT2D eigenvalue weighted by Gasteiger charge is 2.17. The molecule has 148 valence electrons. The Morgan fingerprint density at radius 3 is 1.50 bits per heavy atom. The van der Waals surface area contributed by atoms with Gasteiger partial charge in [-0.05, 0) is 34.0 Å². The molecule has 0 aliphatic carbocycles. The molecule has 0 spiro atoms. The zero-order valence-electron chi connectivity index (χ0n) is 13.8. The van der Waals surface area contributed by atoms with E-state index in [0.29, 0.717) is 12.2 Å². The number of hydrogen-bond donors (Lipinski definition) is 2. The molecule has 2 aromatic heterocycles. The summed E-state index contributed by atoms with van der Waals surface area (Å²) in [5.74, 6) is -2.53. The maximum Gasteiger partial charge on any atom is 0.350 e. The number of sulfonamides is 2. The third-order valence-electron chi connectivity index (χ3n) is 2.75. The van der Waals surface area contributed by atoms with Crippen LogP contribution in [0.4, 0.5) is 0 Å². The molecule has 0 unspecified atom stereocenters. The second-order valence-corrected chi connectivity index (χ2v) is 8.02. The number of pyridine rings is 2. The largest absolute Gasteiger partial charge is 0.352 e. The Labute approximate surface area is 159 Å². The fourth-order valence-electron chi connectivity index (χ4n) is 1.50. The van der Waals surface area contributed by atoms with E-state index in [1.165, 1.54) is 46.4 Å². The molecule has 0 fully saturated rings. The molecule has 0 amide bonds. The van der Waals surface area contributed by atoms with E-state index in [0.717, 1.165) is 12.4 Å². The van der Waals surface area contributed by atoms with Crippen molar-refractivity contribution < 1.29 is 36.1 Å². The first-order chi connectivity index (χ1) is 13.2. The van der Waals surface area contributed by atoms with Crippen LogP contribution >= 0.6 is 0 Å². The molecule has 0 radical (unpaired) electrons. The number of hydrogen-bond acceptors (Lipinski definition) is 10. The molecule has 2 rings (SSSR count). The molecule has 0 aliphatic rings. The van der Waals surface area contributed by atoms with Gasteiger partial charge in [-0.2, -0.15) is 0 Å². The molecule has 0 saturated heterocycles. The average molecular weight is 428 g/mol. The summed E-state index contributed by atoms with van der Waals surface area (Å²) < 4.78 is 47.2. The Balaban J connectivity index is 1.84. The van der Waals surface area contributed by atoms with E-state index in [1.54, 1.807) is 0 Å². The Hall–Kier alpha value is -3.20. The summed E-state index contributed by atoms with van der Waals surface area (Å²) >= 11 is 0. The lowest BCUT2D eigenvalue weighted by Crippen LogP contribution is -2.27. The predicted molar refractivity (Wildman–Crippen MR) is 90.4 cm³/mol. The van der Waals surface area contributed by atoms with Gasteiger partial charge in [0, 0.05) is 36.9 Å². The Morgan fingerprint density at radius 2 is 1.18 bits per heavy atom. The Kier molecular flexibility index (Phi) is 6.89. The first-order valence-corrected chi connectivity index (χ1v) is 10.1. The maximum atomic E-state index is 11.8. The third kappa shape index (κ3) is 6.20. The van der Waals surface area contributed by atoms with Crippen molar-refractivity contribution in [1.82, 2.24) is 19.7 Å². The summed E-state index contributed by atoms with van der Waals surface area (Å²) in [7, 11) is -8.31. The second kappa shape index (κ2) is 9.14. The average Bonchev–Trinajstić information content (AvgIpc) is 2.70. The molecular formula is C14H12N4O8S2. The first-order valence-electron chi connectivity index (χ1n) is 7.14. The smallest absolute Gasteiger partial charge is 0.350 e. The molecule has 0 saturated carbocycles. The Bertz CT molecular complexity index is 983. The Morgan fingerprint density at radius 1 is 0.786 bits per heavy atom. The van der Waals surface area contributed by atoms with Crippen LogP contribution in [0.2, 0.25) is 0 Å². The fraction of sp³-hybridized carbons (Fsp3) is 0. The predicted octanol–water partition coefficient (Wildman–Crippen LogP) is -0.794. The van der Waals surface area contributed by atoms with Gasteiger partial charge >= 0.3 is 11.9 Å². The van der Waals surface area contributed by atoms with E-state index in [4.69, 9.17) is 0 Å². The maximum absolute atomic E-state index is 11.8. The molecule has 0 aliphatic heterocycles. The van der Waals surface area contributed by atoms with Gasteiger partial charge in [-0.15, -0.1) is 0 Å². The standard InChI is InChI=1S/C14H12N4O8S2/c19-13(25-17-27(21,22)11-3-1-7-15-9-11)5-6-14(20)26-18-28(23,24)12-4-2-8-16-10-12/h1-10,17-18H/b6-5+. The molecule has 0 bridgehead atoms. The van der Waals surface area contributed by atoms with Crippen molar-refractivity contribution in [3.05, 3.63) is 61.2 Å². The molecule has 2 aromatic rings. The molecular weight excluding hydrogens is 416 g/mol. The molecule has 12 nitrogen and oxygen atoms in total. The molecule has 2 heterocycles. The molecule has 14 heteroatoms. The zero-order chi connectivity index (χ0) is 20.6. The molecule has 0 atom stereocenters. The SMILES string of the molecule is O=C(/C=C/C(=O)ONS(=O)(=O)c1cccnc1)ONS(=O)(=O)c1cccnc1. The lowest BCUT2D eigenvalue weighted by molar-refractivity contribution is -0.143. The van der Waals surface area contributed by atoms with Gasteiger partial charge in [0.05, 0.1) is 0 Å². The summed E-state index contributed by atoms with van der Waals surface area (Å²) in [5, 5.41) is 0. The minimum Gasteiger partial charge on any atom is -0.352 e. The number of rotatable bonds is 8. The van der Waals surface area contributed by atoms with Crippen LogP contribution in [-0.4, -0.2) is 38.7 Å². The van der Waals surface area contributed by atoms with Gasteiger partial charge in [-0.1, -0.05) is 0 Å². The van der Waals surface area contributed by atoms with Crippen molar-refractivity contribution in [3.8, 4) is 0 Å². The van der Waals surface area contributed by atoms with E-state index in [2.05, 4.69) is 19.6 Å². The lowest BCUT2D eigenvalue weighted by Gasteiger charge is -2.05. The minimum atomic E-state index is -4.16. The lowest BCUT2D eigenvalue weighted by atomic mass is 10.5. The van der Waals surface area contributed by atoms with E-state index >= 15 is 0 Å². The van der Waals surface area contributed by atoms with Crippen molar-refractivity contribution >= 4 is 32.0 Å². The van der Waals surface area contributed by atoms with Crippen molar-refractivity contribution in [2.24, 2.45) is 0 Å². The van der Waals surface area contributed by atoms with Gasteiger partial charge in [-0.3, -0.25) is 9.97 Å². The van der Waals surface area contributed by atoms with Crippen molar-refractivity contribution in [3.63, 3.8) is 0 Å². The van der Waals surface area contributed by atoms with Gasteiger partial charge < -0.3 is 9.68 Å². The summed E-state index contributed by atoms with van der Waals surface area (Å²) in [6.07, 6.45) is 5.79. The van der Waals surface area contributed by atoms with Crippen LogP contribution in [0.25, 0.3) is 0 Å².